The van der Waals surface area contributed by atoms with E-state index in [1.807, 2.05) is 16.7 Å². The van der Waals surface area contributed by atoms with Crippen molar-refractivity contribution in [1.82, 2.24) is 4.57 Å². The minimum Gasteiger partial charge on any atom is -0.494 e. The van der Waals surface area contributed by atoms with Crippen molar-refractivity contribution in [3.63, 3.8) is 0 Å². The average molecular weight is 610 g/mol. The van der Waals surface area contributed by atoms with E-state index in [1.54, 1.807) is 0 Å². The Hall–Kier alpha value is -2.69. The number of nitrogens with zero attached hydrogens (tertiary/aromatic N) is 1. The molecule has 0 N–H and O–H groups in total. The quantitative estimate of drug-likeness (QED) is 0.0830. The molecular weight excluding hydrogens is 546 g/mol. The van der Waals surface area contributed by atoms with E-state index in [2.05, 4.69) is 59.8 Å². The lowest BCUT2D eigenvalue weighted by atomic mass is 10.1. The number of fused-ring (bicyclic) bond motifs is 1. The molecule has 248 valence electrons. The van der Waals surface area contributed by atoms with Gasteiger partial charge in [-0.2, -0.15) is 0 Å². The highest BCUT2D eigenvalue weighted by molar-refractivity contribution is 5.89. The van der Waals surface area contributed by atoms with Gasteiger partial charge in [-0.25, -0.2) is 0 Å². The monoisotopic (exact) mass is 609 g/mol. The SMILES string of the molecule is CCCCCCCCOc1ccc2c(OC/C=C(\C)CCC=C(C)C)c(OCCCC)c(=O)n(CCCCCCCC)c2c1. The Bertz CT molecular complexity index is 1190. The maximum absolute atomic E-state index is 14.1. The molecule has 0 spiro atoms. The number of ether oxygens (including phenoxy) is 3. The Labute approximate surface area is 269 Å². The summed E-state index contributed by atoms with van der Waals surface area (Å²) in [4.78, 5) is 14.1. The van der Waals surface area contributed by atoms with Crippen molar-refractivity contribution in [3.05, 3.63) is 51.9 Å². The molecule has 0 amide bonds. The summed E-state index contributed by atoms with van der Waals surface area (Å²) in [6.45, 7) is 15.3. The number of hydrogen-bond acceptors (Lipinski definition) is 4. The van der Waals surface area contributed by atoms with E-state index in [9.17, 15) is 4.79 Å². The van der Waals surface area contributed by atoms with Crippen molar-refractivity contribution < 1.29 is 14.2 Å². The second-order valence-corrected chi connectivity index (χ2v) is 12.6. The molecular formula is C39H63NO4. The molecule has 1 aromatic carbocycles. The molecule has 0 unspecified atom stereocenters. The molecule has 0 aliphatic rings. The van der Waals surface area contributed by atoms with Crippen molar-refractivity contribution in [3.8, 4) is 17.2 Å². The molecule has 2 aromatic rings. The molecule has 0 aliphatic carbocycles. The van der Waals surface area contributed by atoms with E-state index in [0.29, 0.717) is 37.9 Å². The molecule has 5 heteroatoms. The Morgan fingerprint density at radius 2 is 1.34 bits per heavy atom. The zero-order valence-corrected chi connectivity index (χ0v) is 29.1. The molecule has 1 aromatic heterocycles. The van der Waals surface area contributed by atoms with Crippen LogP contribution in [0.3, 0.4) is 0 Å². The zero-order chi connectivity index (χ0) is 32.0. The minimum atomic E-state index is -0.102. The van der Waals surface area contributed by atoms with Crippen LogP contribution in [0.1, 0.15) is 144 Å². The number of benzene rings is 1. The van der Waals surface area contributed by atoms with Crippen LogP contribution >= 0.6 is 0 Å². The smallest absolute Gasteiger partial charge is 0.297 e. The first-order chi connectivity index (χ1) is 21.4. The maximum Gasteiger partial charge on any atom is 0.297 e. The van der Waals surface area contributed by atoms with E-state index < -0.39 is 0 Å². The van der Waals surface area contributed by atoms with Crippen molar-refractivity contribution in [1.29, 1.82) is 0 Å². The molecule has 0 fully saturated rings. The first kappa shape index (κ1) is 37.5. The Morgan fingerprint density at radius 3 is 2.02 bits per heavy atom. The van der Waals surface area contributed by atoms with E-state index in [4.69, 9.17) is 14.2 Å². The van der Waals surface area contributed by atoms with Gasteiger partial charge in [-0.15, -0.1) is 0 Å². The van der Waals surface area contributed by atoms with Gasteiger partial charge in [0, 0.05) is 18.0 Å². The van der Waals surface area contributed by atoms with Crippen LogP contribution < -0.4 is 19.8 Å². The van der Waals surface area contributed by atoms with Crippen molar-refractivity contribution in [2.75, 3.05) is 19.8 Å². The van der Waals surface area contributed by atoms with Crippen LogP contribution in [0.15, 0.2) is 46.3 Å². The van der Waals surface area contributed by atoms with Gasteiger partial charge in [0.05, 0.1) is 18.7 Å². The van der Waals surface area contributed by atoms with Crippen molar-refractivity contribution in [2.24, 2.45) is 0 Å². The summed E-state index contributed by atoms with van der Waals surface area (Å²) in [5, 5.41) is 0.907. The molecule has 2 rings (SSSR count). The van der Waals surface area contributed by atoms with Gasteiger partial charge in [-0.05, 0) is 71.1 Å². The van der Waals surface area contributed by atoms with Crippen LogP contribution in [0.25, 0.3) is 10.9 Å². The van der Waals surface area contributed by atoms with Gasteiger partial charge in [0.25, 0.3) is 5.56 Å². The Balaban J connectivity index is 2.37. The summed E-state index contributed by atoms with van der Waals surface area (Å²) in [6.07, 6.45) is 22.7. The lowest BCUT2D eigenvalue weighted by molar-refractivity contribution is 0.274. The average Bonchev–Trinajstić information content (AvgIpc) is 3.00. The fraction of sp³-hybridized carbons (Fsp3) is 0.667. The summed E-state index contributed by atoms with van der Waals surface area (Å²) >= 11 is 0. The summed E-state index contributed by atoms with van der Waals surface area (Å²) in [5.74, 6) is 1.70. The Kier molecular flexibility index (Phi) is 19.4. The van der Waals surface area contributed by atoms with Gasteiger partial charge in [0.2, 0.25) is 5.75 Å². The molecule has 0 radical (unpaired) electrons. The molecule has 44 heavy (non-hydrogen) atoms. The molecule has 1 heterocycles. The van der Waals surface area contributed by atoms with Crippen molar-refractivity contribution >= 4 is 10.9 Å². The number of aromatic nitrogens is 1. The molecule has 5 nitrogen and oxygen atoms in total. The summed E-state index contributed by atoms with van der Waals surface area (Å²) in [5.41, 5.74) is 3.38. The number of rotatable bonds is 25. The van der Waals surface area contributed by atoms with Gasteiger partial charge in [-0.1, -0.05) is 109 Å². The summed E-state index contributed by atoms with van der Waals surface area (Å²) in [6, 6.07) is 6.10. The predicted molar refractivity (Wildman–Crippen MR) is 189 cm³/mol. The number of aryl methyl sites for hydroxylation is 1. The number of allylic oxidation sites excluding steroid dienone is 3. The van der Waals surface area contributed by atoms with Crippen molar-refractivity contribution in [2.45, 2.75) is 151 Å². The van der Waals surface area contributed by atoms with Crippen LogP contribution in [-0.2, 0) is 6.54 Å². The van der Waals surface area contributed by atoms with Gasteiger partial charge in [0.1, 0.15) is 12.4 Å². The van der Waals surface area contributed by atoms with Crippen LogP contribution in [0.2, 0.25) is 0 Å². The lowest BCUT2D eigenvalue weighted by Gasteiger charge is -2.19. The van der Waals surface area contributed by atoms with Crippen LogP contribution in [0.4, 0.5) is 0 Å². The minimum absolute atomic E-state index is 0.102. The van der Waals surface area contributed by atoms with Gasteiger partial charge in [-0.3, -0.25) is 4.79 Å². The fourth-order valence-corrected chi connectivity index (χ4v) is 5.36. The van der Waals surface area contributed by atoms with Gasteiger partial charge < -0.3 is 18.8 Å². The molecule has 0 saturated heterocycles. The first-order valence-electron chi connectivity index (χ1n) is 17.8. The van der Waals surface area contributed by atoms with Crippen LogP contribution in [0, 0.1) is 0 Å². The van der Waals surface area contributed by atoms with Gasteiger partial charge in [0.15, 0.2) is 5.75 Å². The predicted octanol–water partition coefficient (Wildman–Crippen LogP) is 11.4. The van der Waals surface area contributed by atoms with E-state index in [1.165, 1.54) is 68.9 Å². The lowest BCUT2D eigenvalue weighted by Crippen LogP contribution is -2.24. The van der Waals surface area contributed by atoms with Crippen LogP contribution in [0.5, 0.6) is 17.2 Å². The third kappa shape index (κ3) is 13.9. The van der Waals surface area contributed by atoms with E-state index >= 15 is 0 Å². The number of pyridine rings is 1. The summed E-state index contributed by atoms with van der Waals surface area (Å²) < 4.78 is 20.7. The highest BCUT2D eigenvalue weighted by Crippen LogP contribution is 2.35. The molecule has 0 atom stereocenters. The Morgan fingerprint density at radius 1 is 0.705 bits per heavy atom. The second-order valence-electron chi connectivity index (χ2n) is 12.6. The number of unbranched alkanes of at least 4 members (excludes halogenated alkanes) is 11. The second kappa shape index (κ2) is 22.8. The zero-order valence-electron chi connectivity index (χ0n) is 29.1. The fourth-order valence-electron chi connectivity index (χ4n) is 5.36. The van der Waals surface area contributed by atoms with E-state index in [0.717, 1.165) is 61.6 Å². The normalized spacial score (nSPS) is 11.6. The number of hydrogen-bond donors (Lipinski definition) is 0. The molecule has 0 saturated carbocycles. The van der Waals surface area contributed by atoms with Gasteiger partial charge >= 0.3 is 0 Å². The third-order valence-corrected chi connectivity index (χ3v) is 8.15. The first-order valence-corrected chi connectivity index (χ1v) is 17.8. The highest BCUT2D eigenvalue weighted by atomic mass is 16.5. The third-order valence-electron chi connectivity index (χ3n) is 8.15. The molecule has 0 aliphatic heterocycles. The molecule has 0 bridgehead atoms. The summed E-state index contributed by atoms with van der Waals surface area (Å²) in [7, 11) is 0. The highest BCUT2D eigenvalue weighted by Gasteiger charge is 2.20. The standard InChI is InChI=1S/C39H63NO4/c1-7-10-13-15-17-19-27-40-36-31-34(42-29-20-18-16-14-11-8-2)24-25-35(36)37(38(39(40)41)43-28-12-9-3)44-30-26-33(6)23-21-22-32(4)5/h22,24-26,31H,7-21,23,27-30H2,1-6H3/b33-26+. The van der Waals surface area contributed by atoms with E-state index in [-0.39, 0.29) is 5.56 Å². The topological polar surface area (TPSA) is 49.7 Å². The van der Waals surface area contributed by atoms with Crippen LogP contribution in [-0.4, -0.2) is 24.4 Å². The maximum atomic E-state index is 14.1. The largest absolute Gasteiger partial charge is 0.494 e.